The van der Waals surface area contributed by atoms with Crippen molar-refractivity contribution in [1.82, 2.24) is 0 Å². The third-order valence-electron chi connectivity index (χ3n) is 8.80. The van der Waals surface area contributed by atoms with E-state index in [2.05, 4.69) is 6.92 Å². The molecule has 0 saturated heterocycles. The number of aliphatic hydroxyl groups is 3. The molecule has 0 spiro atoms. The molecule has 0 heterocycles. The first-order valence-electron chi connectivity index (χ1n) is 10.0. The molecule has 4 rings (SSSR count). The number of alkyl halides is 1. The minimum absolute atomic E-state index is 0.00472. The van der Waals surface area contributed by atoms with Gasteiger partial charge in [-0.2, -0.15) is 0 Å². The fourth-order valence-corrected chi connectivity index (χ4v) is 7.72. The summed E-state index contributed by atoms with van der Waals surface area (Å²) in [5.41, 5.74) is -1.86. The van der Waals surface area contributed by atoms with E-state index in [0.717, 1.165) is 18.4 Å². The molecule has 0 aliphatic heterocycles. The van der Waals surface area contributed by atoms with E-state index in [4.69, 9.17) is 11.6 Å². The monoisotopic (exact) mass is 396 g/mol. The van der Waals surface area contributed by atoms with Gasteiger partial charge in [-0.3, -0.25) is 9.59 Å². The van der Waals surface area contributed by atoms with E-state index in [1.54, 1.807) is 6.08 Å². The highest BCUT2D eigenvalue weighted by Crippen LogP contribution is 2.71. The molecule has 1 unspecified atom stereocenters. The first-order chi connectivity index (χ1) is 12.5. The molecule has 3 fully saturated rings. The van der Waals surface area contributed by atoms with Crippen LogP contribution in [0, 0.1) is 22.7 Å². The summed E-state index contributed by atoms with van der Waals surface area (Å²) in [6.07, 6.45) is 4.54. The molecule has 7 atom stereocenters. The van der Waals surface area contributed by atoms with Gasteiger partial charge >= 0.3 is 0 Å². The van der Waals surface area contributed by atoms with Crippen LogP contribution in [0.4, 0.5) is 0 Å². The molecule has 6 heteroatoms. The largest absolute Gasteiger partial charge is 0.391 e. The lowest BCUT2D eigenvalue weighted by atomic mass is 9.45. The summed E-state index contributed by atoms with van der Waals surface area (Å²) >= 11 is 7.31. The molecule has 150 valence electrons. The highest BCUT2D eigenvalue weighted by Gasteiger charge is 2.73. The normalized spacial score (nSPS) is 51.9. The predicted molar refractivity (Wildman–Crippen MR) is 100 cm³/mol. The molecule has 4 aliphatic rings. The van der Waals surface area contributed by atoms with Crippen molar-refractivity contribution in [1.29, 1.82) is 0 Å². The minimum Gasteiger partial charge on any atom is -0.391 e. The van der Waals surface area contributed by atoms with E-state index in [-0.39, 0.29) is 24.0 Å². The van der Waals surface area contributed by atoms with Crippen molar-refractivity contribution in [2.24, 2.45) is 22.7 Å². The lowest BCUT2D eigenvalue weighted by Crippen LogP contribution is -2.69. The summed E-state index contributed by atoms with van der Waals surface area (Å²) < 4.78 is 0. The van der Waals surface area contributed by atoms with Gasteiger partial charge in [-0.05, 0) is 56.4 Å². The maximum Gasteiger partial charge on any atom is 0.190 e. The lowest BCUT2D eigenvalue weighted by Gasteiger charge is -2.64. The third kappa shape index (κ3) is 2.17. The van der Waals surface area contributed by atoms with Crippen molar-refractivity contribution in [3.63, 3.8) is 0 Å². The number of carbonyl (C=O) groups excluding carboxylic acids is 2. The Morgan fingerprint density at radius 1 is 1.22 bits per heavy atom. The smallest absolute Gasteiger partial charge is 0.190 e. The maximum absolute atomic E-state index is 12.4. The Kier molecular flexibility index (Phi) is 4.26. The first kappa shape index (κ1) is 19.6. The first-order valence-corrected chi connectivity index (χ1v) is 10.4. The number of halogens is 1. The van der Waals surface area contributed by atoms with Gasteiger partial charge in [0.15, 0.2) is 11.6 Å². The summed E-state index contributed by atoms with van der Waals surface area (Å²) in [6, 6.07) is 0. The number of allylic oxidation sites excluding steroid dienone is 1. The van der Waals surface area contributed by atoms with E-state index in [0.29, 0.717) is 25.7 Å². The summed E-state index contributed by atoms with van der Waals surface area (Å²) in [5, 5.41) is 31.9. The Balaban J connectivity index is 1.80. The Morgan fingerprint density at radius 3 is 2.59 bits per heavy atom. The molecule has 0 aromatic heterocycles. The Bertz CT molecular complexity index is 734. The van der Waals surface area contributed by atoms with Crippen LogP contribution in [0.1, 0.15) is 58.8 Å². The molecule has 0 aromatic carbocycles. The van der Waals surface area contributed by atoms with Gasteiger partial charge in [0.1, 0.15) is 12.2 Å². The highest BCUT2D eigenvalue weighted by molar-refractivity contribution is 6.26. The number of fused-ring (bicyclic) bond motifs is 5. The number of rotatable bonds is 2. The minimum atomic E-state index is -1.62. The Hall–Kier alpha value is -0.750. The molecular formula is C21H29ClO5. The van der Waals surface area contributed by atoms with Gasteiger partial charge in [-0.25, -0.2) is 0 Å². The van der Waals surface area contributed by atoms with E-state index in [1.807, 2.05) is 6.92 Å². The molecule has 5 nitrogen and oxygen atoms in total. The van der Waals surface area contributed by atoms with Gasteiger partial charge in [0.05, 0.1) is 11.0 Å². The van der Waals surface area contributed by atoms with Crippen molar-refractivity contribution in [2.75, 3.05) is 6.61 Å². The van der Waals surface area contributed by atoms with Crippen LogP contribution < -0.4 is 0 Å². The van der Waals surface area contributed by atoms with Crippen molar-refractivity contribution in [3.8, 4) is 0 Å². The molecule has 3 saturated carbocycles. The summed E-state index contributed by atoms with van der Waals surface area (Å²) in [5.74, 6) is -0.494. The van der Waals surface area contributed by atoms with Crippen LogP contribution in [0.25, 0.3) is 0 Å². The zero-order valence-corrected chi connectivity index (χ0v) is 16.8. The summed E-state index contributed by atoms with van der Waals surface area (Å²) in [7, 11) is 0. The number of hydrogen-bond acceptors (Lipinski definition) is 5. The number of hydrogen-bond donors (Lipinski definition) is 3. The van der Waals surface area contributed by atoms with Crippen molar-refractivity contribution >= 4 is 23.2 Å². The second kappa shape index (κ2) is 5.88. The van der Waals surface area contributed by atoms with Gasteiger partial charge < -0.3 is 15.3 Å². The van der Waals surface area contributed by atoms with E-state index < -0.39 is 39.8 Å². The molecule has 0 bridgehead atoms. The zero-order chi connectivity index (χ0) is 19.8. The number of ketones is 2. The van der Waals surface area contributed by atoms with Crippen molar-refractivity contribution in [3.05, 3.63) is 11.6 Å². The average molecular weight is 397 g/mol. The van der Waals surface area contributed by atoms with Gasteiger partial charge in [-0.1, -0.05) is 19.4 Å². The fourth-order valence-electron chi connectivity index (χ4n) is 7.16. The average Bonchev–Trinajstić information content (AvgIpc) is 2.88. The topological polar surface area (TPSA) is 94.8 Å². The molecule has 0 radical (unpaired) electrons. The second-order valence-corrected chi connectivity index (χ2v) is 10.2. The molecule has 4 aliphatic carbocycles. The lowest BCUT2D eigenvalue weighted by molar-refractivity contribution is -0.176. The van der Waals surface area contributed by atoms with Crippen LogP contribution in [0.3, 0.4) is 0 Å². The molecule has 3 N–H and O–H groups in total. The van der Waals surface area contributed by atoms with Crippen LogP contribution in [-0.4, -0.2) is 50.1 Å². The second-order valence-electron chi connectivity index (χ2n) is 9.61. The maximum atomic E-state index is 12.4. The molecule has 27 heavy (non-hydrogen) atoms. The molecule has 0 amide bonds. The predicted octanol–water partition coefficient (Wildman–Crippen LogP) is 2.14. The van der Waals surface area contributed by atoms with Crippen LogP contribution in [0.2, 0.25) is 0 Å². The fraction of sp³-hybridized carbons (Fsp3) is 0.810. The van der Waals surface area contributed by atoms with Crippen LogP contribution in [0.15, 0.2) is 11.6 Å². The van der Waals surface area contributed by atoms with Crippen LogP contribution in [0.5, 0.6) is 0 Å². The van der Waals surface area contributed by atoms with Gasteiger partial charge in [0, 0.05) is 17.3 Å². The van der Waals surface area contributed by atoms with E-state index in [1.165, 1.54) is 0 Å². The summed E-state index contributed by atoms with van der Waals surface area (Å²) in [6.45, 7) is 3.24. The van der Waals surface area contributed by atoms with Gasteiger partial charge in [0.2, 0.25) is 0 Å². The number of carbonyl (C=O) groups is 2. The standard InChI is InChI=1S/C21H29ClO5/c1-18-7-5-13(24)9-12(18)3-4-15-14-6-8-20(27,17(26)11-23)19(14,2)10-16(25)21(15,18)22/h9,14-16,23,25,27H,3-8,10-11H2,1-2H3/t14-,15-,16?,18-,19-,20-,21-/m0/s1. The molecule has 0 aromatic rings. The highest BCUT2D eigenvalue weighted by atomic mass is 35.5. The van der Waals surface area contributed by atoms with E-state index in [9.17, 15) is 24.9 Å². The SMILES string of the molecule is C[C@]12CCC(=O)C=C1CC[C@H]1[C@@H]3CC[C@](O)(C(=O)CO)[C@@]3(C)CC(O)[C@@]12Cl. The molecular weight excluding hydrogens is 368 g/mol. The zero-order valence-electron chi connectivity index (χ0n) is 16.0. The number of Topliss-reactive ketones (excluding diaryl/α,β-unsaturated/α-hetero) is 1. The van der Waals surface area contributed by atoms with Crippen LogP contribution >= 0.6 is 11.6 Å². The summed E-state index contributed by atoms with van der Waals surface area (Å²) in [4.78, 5) is 23.5. The Morgan fingerprint density at radius 2 is 1.93 bits per heavy atom. The third-order valence-corrected chi connectivity index (χ3v) is 9.75. The van der Waals surface area contributed by atoms with Crippen molar-refractivity contribution in [2.45, 2.75) is 75.4 Å². The quantitative estimate of drug-likeness (QED) is 0.621. The van der Waals surface area contributed by atoms with Gasteiger partial charge in [0.25, 0.3) is 0 Å². The van der Waals surface area contributed by atoms with Crippen LogP contribution in [-0.2, 0) is 9.59 Å². The number of aliphatic hydroxyl groups excluding tert-OH is 2. The Labute approximate surface area is 164 Å². The van der Waals surface area contributed by atoms with E-state index >= 15 is 0 Å². The van der Waals surface area contributed by atoms with Gasteiger partial charge in [-0.15, -0.1) is 11.6 Å². The van der Waals surface area contributed by atoms with Crippen molar-refractivity contribution < 1.29 is 24.9 Å².